The molecule has 1 fully saturated rings. The van der Waals surface area contributed by atoms with E-state index in [1.54, 1.807) is 0 Å². The monoisotopic (exact) mass is 398 g/mol. The van der Waals surface area contributed by atoms with Crippen molar-refractivity contribution in [1.29, 1.82) is 0 Å². The van der Waals surface area contributed by atoms with Crippen LogP contribution in [0.1, 0.15) is 6.42 Å². The van der Waals surface area contributed by atoms with Gasteiger partial charge in [0.15, 0.2) is 0 Å². The van der Waals surface area contributed by atoms with Gasteiger partial charge >= 0.3 is 0 Å². The summed E-state index contributed by atoms with van der Waals surface area (Å²) in [4.78, 5) is 26.7. The minimum absolute atomic E-state index is 0.0409. The molecular weight excluding hydrogens is 382 g/mol. The van der Waals surface area contributed by atoms with Crippen LogP contribution in [0.3, 0.4) is 0 Å². The van der Waals surface area contributed by atoms with Crippen LogP contribution in [0.2, 0.25) is 0 Å². The highest BCUT2D eigenvalue weighted by molar-refractivity contribution is 7.99. The average molecular weight is 398 g/mol. The summed E-state index contributed by atoms with van der Waals surface area (Å²) >= 11 is 0.420. The molecule has 7 heteroatoms. The average Bonchev–Trinajstić information content (AvgIpc) is 2.95. The number of rotatable bonds is 5. The van der Waals surface area contributed by atoms with Crippen molar-refractivity contribution in [1.82, 2.24) is 0 Å². The van der Waals surface area contributed by atoms with Crippen molar-refractivity contribution in [2.24, 2.45) is 0 Å². The number of amides is 2. The Kier molecular flexibility index (Phi) is 5.00. The van der Waals surface area contributed by atoms with Crippen LogP contribution < -0.4 is 10.2 Å². The maximum absolute atomic E-state index is 12.8. The van der Waals surface area contributed by atoms with Gasteiger partial charge in [0.2, 0.25) is 5.91 Å². The molecule has 28 heavy (non-hydrogen) atoms. The predicted octanol–water partition coefficient (Wildman–Crippen LogP) is 4.90. The summed E-state index contributed by atoms with van der Waals surface area (Å²) in [6, 6.07) is 19.0. The van der Waals surface area contributed by atoms with E-state index in [9.17, 15) is 18.4 Å². The van der Waals surface area contributed by atoms with Gasteiger partial charge in [-0.3, -0.25) is 9.59 Å². The fourth-order valence-electron chi connectivity index (χ4n) is 3.27. The number of carbonyl (C=O) groups excluding carboxylic acids is 2. The molecule has 1 saturated heterocycles. The number of nitrogens with zero attached hydrogens (tertiary/aromatic N) is 1. The Bertz CT molecular complexity index is 1040. The van der Waals surface area contributed by atoms with Gasteiger partial charge in [0.25, 0.3) is 11.7 Å². The predicted molar refractivity (Wildman–Crippen MR) is 107 cm³/mol. The van der Waals surface area contributed by atoms with E-state index in [0.29, 0.717) is 22.3 Å². The zero-order valence-corrected chi connectivity index (χ0v) is 15.5. The Morgan fingerprint density at radius 3 is 2.39 bits per heavy atom. The van der Waals surface area contributed by atoms with Crippen LogP contribution in [0.25, 0.3) is 10.8 Å². The summed E-state index contributed by atoms with van der Waals surface area (Å²) in [5.74, 6) is -3.19. The SMILES string of the molecule is O=C1C[C@@H](Nc2ccc3ccccc3c2)C(=O)N1c1ccc(SC(F)F)cc1. The fourth-order valence-corrected chi connectivity index (χ4v) is 3.77. The van der Waals surface area contributed by atoms with Gasteiger partial charge in [0.1, 0.15) is 6.04 Å². The van der Waals surface area contributed by atoms with Crippen LogP contribution in [0.5, 0.6) is 0 Å². The van der Waals surface area contributed by atoms with Crippen LogP contribution in [0.15, 0.2) is 71.6 Å². The second-order valence-electron chi connectivity index (χ2n) is 6.40. The van der Waals surface area contributed by atoms with Crippen LogP contribution in [0.4, 0.5) is 20.2 Å². The molecule has 0 unspecified atom stereocenters. The zero-order chi connectivity index (χ0) is 19.7. The first-order chi connectivity index (χ1) is 13.5. The molecule has 0 aromatic heterocycles. The molecule has 4 rings (SSSR count). The third-order valence-electron chi connectivity index (χ3n) is 4.56. The molecule has 3 aromatic rings. The number of benzene rings is 3. The molecule has 1 aliphatic rings. The van der Waals surface area contributed by atoms with E-state index in [1.165, 1.54) is 24.3 Å². The summed E-state index contributed by atoms with van der Waals surface area (Å²) in [7, 11) is 0. The topological polar surface area (TPSA) is 49.4 Å². The maximum Gasteiger partial charge on any atom is 0.288 e. The molecular formula is C21H16F2N2O2S. The fraction of sp³-hybridized carbons (Fsp3) is 0.143. The quantitative estimate of drug-likeness (QED) is 0.491. The number of carbonyl (C=O) groups is 2. The molecule has 1 heterocycles. The first kappa shape index (κ1) is 18.4. The number of nitrogens with one attached hydrogen (secondary N) is 1. The van der Waals surface area contributed by atoms with Crippen molar-refractivity contribution in [3.05, 3.63) is 66.7 Å². The van der Waals surface area contributed by atoms with Crippen molar-refractivity contribution < 1.29 is 18.4 Å². The summed E-state index contributed by atoms with van der Waals surface area (Å²) in [6.45, 7) is 0. The highest BCUT2D eigenvalue weighted by atomic mass is 32.2. The molecule has 0 saturated carbocycles. The van der Waals surface area contributed by atoms with Crippen LogP contribution in [-0.2, 0) is 9.59 Å². The van der Waals surface area contributed by atoms with Gasteiger partial charge in [0.05, 0.1) is 12.1 Å². The van der Waals surface area contributed by atoms with Crippen molar-refractivity contribution >= 4 is 45.7 Å². The molecule has 0 radical (unpaired) electrons. The van der Waals surface area contributed by atoms with Gasteiger partial charge in [-0.25, -0.2) is 4.90 Å². The number of alkyl halides is 2. The number of halogens is 2. The first-order valence-corrected chi connectivity index (χ1v) is 9.56. The number of hydrogen-bond acceptors (Lipinski definition) is 4. The van der Waals surface area contributed by atoms with E-state index in [1.807, 2.05) is 42.5 Å². The minimum atomic E-state index is -2.52. The number of hydrogen-bond donors (Lipinski definition) is 1. The van der Waals surface area contributed by atoms with E-state index >= 15 is 0 Å². The number of anilines is 2. The van der Waals surface area contributed by atoms with Gasteiger partial charge in [0, 0.05) is 10.6 Å². The zero-order valence-electron chi connectivity index (χ0n) is 14.6. The van der Waals surface area contributed by atoms with E-state index < -0.39 is 11.8 Å². The summed E-state index contributed by atoms with van der Waals surface area (Å²) in [5, 5.41) is 5.26. The molecule has 2 amide bonds. The third-order valence-corrected chi connectivity index (χ3v) is 5.28. The third kappa shape index (κ3) is 3.71. The summed E-state index contributed by atoms with van der Waals surface area (Å²) in [5.41, 5.74) is 1.15. The first-order valence-electron chi connectivity index (χ1n) is 8.68. The van der Waals surface area contributed by atoms with Crippen LogP contribution in [0, 0.1) is 0 Å². The van der Waals surface area contributed by atoms with Crippen LogP contribution in [-0.4, -0.2) is 23.6 Å². The Hall–Kier alpha value is -2.93. The lowest BCUT2D eigenvalue weighted by atomic mass is 10.1. The summed E-state index contributed by atoms with van der Waals surface area (Å²) in [6.07, 6.45) is 0.0409. The smallest absolute Gasteiger partial charge is 0.288 e. The number of imide groups is 1. The van der Waals surface area contributed by atoms with Crippen molar-refractivity contribution in [3.63, 3.8) is 0 Å². The van der Waals surface area contributed by atoms with Gasteiger partial charge in [-0.2, -0.15) is 8.78 Å². The number of fused-ring (bicyclic) bond motifs is 1. The highest BCUT2D eigenvalue weighted by Gasteiger charge is 2.39. The van der Waals surface area contributed by atoms with E-state index in [-0.39, 0.29) is 18.2 Å². The standard InChI is InChI=1S/C21H16F2N2O2S/c22-21(23)28-17-9-7-16(8-10-17)25-19(26)12-18(20(25)27)24-15-6-5-13-3-1-2-4-14(13)11-15/h1-11,18,21,24H,12H2/t18-/m1/s1. The lowest BCUT2D eigenvalue weighted by molar-refractivity contribution is -0.121. The van der Waals surface area contributed by atoms with Crippen LogP contribution >= 0.6 is 11.8 Å². The van der Waals surface area contributed by atoms with Gasteiger partial charge < -0.3 is 5.32 Å². The van der Waals surface area contributed by atoms with Crippen molar-refractivity contribution in [2.45, 2.75) is 23.1 Å². The molecule has 0 bridgehead atoms. The van der Waals surface area contributed by atoms with E-state index in [0.717, 1.165) is 21.4 Å². The highest BCUT2D eigenvalue weighted by Crippen LogP contribution is 2.30. The van der Waals surface area contributed by atoms with Gasteiger partial charge in [-0.05, 0) is 47.2 Å². The van der Waals surface area contributed by atoms with E-state index in [2.05, 4.69) is 5.32 Å². The normalized spacial score (nSPS) is 17.0. The molecule has 142 valence electrons. The molecule has 3 aromatic carbocycles. The van der Waals surface area contributed by atoms with Crippen molar-refractivity contribution in [2.75, 3.05) is 10.2 Å². The Morgan fingerprint density at radius 2 is 1.68 bits per heavy atom. The second-order valence-corrected chi connectivity index (χ2v) is 7.47. The molecule has 0 spiro atoms. The largest absolute Gasteiger partial charge is 0.373 e. The number of thioether (sulfide) groups is 1. The molecule has 1 atom stereocenters. The molecule has 1 N–H and O–H groups in total. The minimum Gasteiger partial charge on any atom is -0.373 e. The maximum atomic E-state index is 12.8. The lowest BCUT2D eigenvalue weighted by Crippen LogP contribution is -2.34. The van der Waals surface area contributed by atoms with Crippen molar-refractivity contribution in [3.8, 4) is 0 Å². The Morgan fingerprint density at radius 1 is 0.964 bits per heavy atom. The lowest BCUT2D eigenvalue weighted by Gasteiger charge is -2.16. The molecule has 0 aliphatic carbocycles. The molecule has 1 aliphatic heterocycles. The summed E-state index contributed by atoms with van der Waals surface area (Å²) < 4.78 is 24.9. The van der Waals surface area contributed by atoms with E-state index in [4.69, 9.17) is 0 Å². The van der Waals surface area contributed by atoms with Gasteiger partial charge in [-0.15, -0.1) is 0 Å². The Labute approximate surface area is 164 Å². The second kappa shape index (κ2) is 7.59. The molecule has 4 nitrogen and oxygen atoms in total. The Balaban J connectivity index is 1.51. The van der Waals surface area contributed by atoms with Gasteiger partial charge in [-0.1, -0.05) is 42.1 Å².